The largest absolute Gasteiger partial charge is 0.322 e. The first-order valence-corrected chi connectivity index (χ1v) is 9.79. The molecule has 5 nitrogen and oxygen atoms in total. The second-order valence-corrected chi connectivity index (χ2v) is 7.74. The highest BCUT2D eigenvalue weighted by molar-refractivity contribution is 5.95. The zero-order chi connectivity index (χ0) is 21.0. The van der Waals surface area contributed by atoms with Crippen molar-refractivity contribution in [1.29, 1.82) is 0 Å². The molecule has 29 heavy (non-hydrogen) atoms. The summed E-state index contributed by atoms with van der Waals surface area (Å²) in [5.41, 5.74) is 4.88. The first kappa shape index (κ1) is 20.6. The van der Waals surface area contributed by atoms with Gasteiger partial charge >= 0.3 is 0 Å². The van der Waals surface area contributed by atoms with Crippen LogP contribution in [0.3, 0.4) is 0 Å². The number of hydrogen-bond acceptors (Lipinski definition) is 2. The second-order valence-electron chi connectivity index (χ2n) is 7.74. The molecule has 1 unspecified atom stereocenters. The Kier molecular flexibility index (Phi) is 6.29. The minimum absolute atomic E-state index is 0.101. The van der Waals surface area contributed by atoms with Crippen LogP contribution in [0.5, 0.6) is 0 Å². The molecule has 1 atom stereocenters. The quantitative estimate of drug-likeness (QED) is 0.606. The number of nitrogens with one attached hydrogen (secondary N) is 3. The smallest absolute Gasteiger partial charge is 0.279 e. The van der Waals surface area contributed by atoms with Gasteiger partial charge in [0.1, 0.15) is 0 Å². The Morgan fingerprint density at radius 1 is 0.793 bits per heavy atom. The van der Waals surface area contributed by atoms with Gasteiger partial charge in [-0.3, -0.25) is 9.59 Å². The monoisotopic (exact) mass is 390 g/mol. The van der Waals surface area contributed by atoms with Crippen molar-refractivity contribution in [1.82, 2.24) is 0 Å². The van der Waals surface area contributed by atoms with E-state index in [0.29, 0.717) is 0 Å². The maximum Gasteiger partial charge on any atom is 0.279 e. The molecule has 0 bridgehead atoms. The van der Waals surface area contributed by atoms with Gasteiger partial charge in [0, 0.05) is 11.4 Å². The van der Waals surface area contributed by atoms with E-state index in [1.807, 2.05) is 70.3 Å². The van der Waals surface area contributed by atoms with Crippen LogP contribution in [-0.2, 0) is 9.59 Å². The molecule has 3 aromatic carbocycles. The molecule has 0 radical (unpaired) electrons. The topological polar surface area (TPSA) is 62.6 Å². The van der Waals surface area contributed by atoms with Gasteiger partial charge in [0.15, 0.2) is 13.1 Å². The third-order valence-electron chi connectivity index (χ3n) is 4.90. The van der Waals surface area contributed by atoms with Crippen LogP contribution in [0, 0.1) is 20.8 Å². The summed E-state index contributed by atoms with van der Waals surface area (Å²) in [7, 11) is 1.84. The molecule has 0 saturated heterocycles. The SMILES string of the molecule is Cc1cc(C)c(NC(=O)C[NH+](C)CC(=O)Nc2ccc3ccccc3c2)c(C)c1. The van der Waals surface area contributed by atoms with Gasteiger partial charge in [-0.05, 0) is 54.8 Å². The number of fused-ring (bicyclic) bond motifs is 1. The Bertz CT molecular complexity index is 1040. The molecule has 0 fully saturated rings. The lowest BCUT2D eigenvalue weighted by atomic mass is 10.1. The van der Waals surface area contributed by atoms with Crippen molar-refractivity contribution in [3.8, 4) is 0 Å². The fraction of sp³-hybridized carbons (Fsp3) is 0.250. The summed E-state index contributed by atoms with van der Waals surface area (Å²) in [4.78, 5) is 25.6. The van der Waals surface area contributed by atoms with Crippen molar-refractivity contribution in [2.24, 2.45) is 0 Å². The van der Waals surface area contributed by atoms with Crippen LogP contribution in [0.4, 0.5) is 11.4 Å². The summed E-state index contributed by atoms with van der Waals surface area (Å²) >= 11 is 0. The molecule has 3 N–H and O–H groups in total. The molecule has 0 heterocycles. The summed E-state index contributed by atoms with van der Waals surface area (Å²) in [6.45, 7) is 6.45. The molecular formula is C24H28N3O2+. The van der Waals surface area contributed by atoms with Crippen LogP contribution in [0.2, 0.25) is 0 Å². The molecule has 2 amide bonds. The number of anilines is 2. The molecule has 5 heteroatoms. The number of quaternary nitrogens is 1. The minimum atomic E-state index is -0.117. The first-order valence-electron chi connectivity index (χ1n) is 9.79. The van der Waals surface area contributed by atoms with Crippen LogP contribution < -0.4 is 15.5 Å². The summed E-state index contributed by atoms with van der Waals surface area (Å²) in [6.07, 6.45) is 0. The van der Waals surface area contributed by atoms with Crippen molar-refractivity contribution < 1.29 is 14.5 Å². The number of benzene rings is 3. The van der Waals surface area contributed by atoms with E-state index in [2.05, 4.69) is 22.8 Å². The van der Waals surface area contributed by atoms with Gasteiger partial charge in [0.25, 0.3) is 11.8 Å². The normalized spacial score (nSPS) is 11.9. The lowest BCUT2D eigenvalue weighted by molar-refractivity contribution is -0.862. The highest BCUT2D eigenvalue weighted by atomic mass is 16.2. The number of hydrogen-bond donors (Lipinski definition) is 3. The van der Waals surface area contributed by atoms with Crippen molar-refractivity contribution >= 4 is 34.0 Å². The summed E-state index contributed by atoms with van der Waals surface area (Å²) in [5.74, 6) is -0.218. The van der Waals surface area contributed by atoms with Gasteiger partial charge in [-0.15, -0.1) is 0 Å². The number of rotatable bonds is 6. The maximum atomic E-state index is 12.4. The number of likely N-dealkylation sites (N-methyl/N-ethyl adjacent to an activating group) is 1. The van der Waals surface area contributed by atoms with Crippen molar-refractivity contribution in [2.75, 3.05) is 30.8 Å². The first-order chi connectivity index (χ1) is 13.8. The minimum Gasteiger partial charge on any atom is -0.322 e. The van der Waals surface area contributed by atoms with Gasteiger partial charge in [-0.25, -0.2) is 0 Å². The van der Waals surface area contributed by atoms with Crippen LogP contribution in [-0.4, -0.2) is 32.0 Å². The highest BCUT2D eigenvalue weighted by Crippen LogP contribution is 2.21. The average molecular weight is 391 g/mol. The lowest BCUT2D eigenvalue weighted by Gasteiger charge is -2.16. The van der Waals surface area contributed by atoms with Crippen LogP contribution in [0.25, 0.3) is 10.8 Å². The molecule has 3 aromatic rings. The van der Waals surface area contributed by atoms with E-state index < -0.39 is 0 Å². The van der Waals surface area contributed by atoms with Gasteiger partial charge in [-0.2, -0.15) is 0 Å². The summed E-state index contributed by atoms with van der Waals surface area (Å²) in [5, 5.41) is 8.12. The highest BCUT2D eigenvalue weighted by Gasteiger charge is 2.16. The zero-order valence-corrected chi connectivity index (χ0v) is 17.4. The second kappa shape index (κ2) is 8.88. The van der Waals surface area contributed by atoms with Gasteiger partial charge in [-0.1, -0.05) is 48.0 Å². The number of carbonyl (C=O) groups excluding carboxylic acids is 2. The fourth-order valence-corrected chi connectivity index (χ4v) is 3.64. The van der Waals surface area contributed by atoms with E-state index >= 15 is 0 Å². The van der Waals surface area contributed by atoms with E-state index in [9.17, 15) is 9.59 Å². The van der Waals surface area contributed by atoms with E-state index in [4.69, 9.17) is 0 Å². The van der Waals surface area contributed by atoms with Crippen LogP contribution in [0.1, 0.15) is 16.7 Å². The van der Waals surface area contributed by atoms with Crippen molar-refractivity contribution in [3.05, 3.63) is 71.3 Å². The molecular weight excluding hydrogens is 362 g/mol. The Balaban J connectivity index is 1.54. The molecule has 0 saturated carbocycles. The molecule has 3 rings (SSSR count). The van der Waals surface area contributed by atoms with Gasteiger partial charge in [0.2, 0.25) is 0 Å². The van der Waals surface area contributed by atoms with E-state index in [-0.39, 0.29) is 24.9 Å². The number of amides is 2. The van der Waals surface area contributed by atoms with Crippen molar-refractivity contribution in [3.63, 3.8) is 0 Å². The van der Waals surface area contributed by atoms with E-state index in [1.165, 1.54) is 5.56 Å². The van der Waals surface area contributed by atoms with Crippen molar-refractivity contribution in [2.45, 2.75) is 20.8 Å². The molecule has 0 aliphatic heterocycles. The Labute approximate surface area is 171 Å². The van der Waals surface area contributed by atoms with Gasteiger partial charge in [0.05, 0.1) is 7.05 Å². The Morgan fingerprint density at radius 3 is 2.03 bits per heavy atom. The van der Waals surface area contributed by atoms with Gasteiger partial charge < -0.3 is 15.5 Å². The number of aryl methyl sites for hydroxylation is 3. The van der Waals surface area contributed by atoms with E-state index in [1.54, 1.807) is 0 Å². The van der Waals surface area contributed by atoms with E-state index in [0.717, 1.165) is 38.2 Å². The summed E-state index contributed by atoms with van der Waals surface area (Å²) in [6, 6.07) is 18.0. The average Bonchev–Trinajstić information content (AvgIpc) is 2.64. The molecule has 0 spiro atoms. The Hall–Kier alpha value is -3.18. The molecule has 0 aromatic heterocycles. The standard InChI is InChI=1S/C24H27N3O2/c1-16-11-17(2)24(18(3)12-16)26-23(29)15-27(4)14-22(28)25-21-10-9-19-7-5-6-8-20(19)13-21/h5-13H,14-15H2,1-4H3,(H,25,28)(H,26,29)/p+1. The maximum absolute atomic E-state index is 12.4. The third kappa shape index (κ3) is 5.42. The summed E-state index contributed by atoms with van der Waals surface area (Å²) < 4.78 is 0. The zero-order valence-electron chi connectivity index (χ0n) is 17.4. The third-order valence-corrected chi connectivity index (χ3v) is 4.90. The molecule has 0 aliphatic carbocycles. The number of carbonyl (C=O) groups is 2. The predicted molar refractivity (Wildman–Crippen MR) is 118 cm³/mol. The van der Waals surface area contributed by atoms with Crippen LogP contribution in [0.15, 0.2) is 54.6 Å². The predicted octanol–water partition coefficient (Wildman–Crippen LogP) is 2.86. The van der Waals surface area contributed by atoms with Crippen LogP contribution >= 0.6 is 0 Å². The fourth-order valence-electron chi connectivity index (χ4n) is 3.64. The molecule has 150 valence electrons. The lowest BCUT2D eigenvalue weighted by Crippen LogP contribution is -3.11. The molecule has 0 aliphatic rings. The Morgan fingerprint density at radius 2 is 1.38 bits per heavy atom.